The summed E-state index contributed by atoms with van der Waals surface area (Å²) in [5.41, 5.74) is 11.5. The normalized spacial score (nSPS) is 10.5. The minimum absolute atomic E-state index is 0.242. The molecule has 0 aliphatic carbocycles. The Morgan fingerprint density at radius 1 is 1.22 bits per heavy atom. The Balaban J connectivity index is 2.01. The van der Waals surface area contributed by atoms with Gasteiger partial charge in [-0.25, -0.2) is 4.98 Å². The van der Waals surface area contributed by atoms with Crippen molar-refractivity contribution >= 4 is 34.2 Å². The van der Waals surface area contributed by atoms with Crippen molar-refractivity contribution in [2.45, 2.75) is 6.92 Å². The average Bonchev–Trinajstić information content (AvgIpc) is 3.22. The number of benzene rings is 2. The zero-order chi connectivity index (χ0) is 26.7. The van der Waals surface area contributed by atoms with Crippen LogP contribution in [0.3, 0.4) is 0 Å². The Morgan fingerprint density at radius 3 is 2.54 bits per heavy atom. The molecule has 2 aromatic carbocycles. The van der Waals surface area contributed by atoms with E-state index in [1.54, 1.807) is 24.3 Å². The molecule has 0 saturated heterocycles. The molecule has 9 heteroatoms. The zero-order valence-electron chi connectivity index (χ0n) is 20.8. The second-order valence-corrected chi connectivity index (χ2v) is 8.22. The van der Waals surface area contributed by atoms with Crippen molar-refractivity contribution in [3.05, 3.63) is 72.4 Å². The first-order valence-electron chi connectivity index (χ1n) is 11.5. The van der Waals surface area contributed by atoms with Gasteiger partial charge in [0.05, 0.1) is 34.8 Å². The Morgan fingerprint density at radius 2 is 1.92 bits per heavy atom. The summed E-state index contributed by atoms with van der Waals surface area (Å²) in [7, 11) is 3.36. The van der Waals surface area contributed by atoms with E-state index in [9.17, 15) is 14.9 Å². The van der Waals surface area contributed by atoms with E-state index in [0.29, 0.717) is 40.0 Å². The lowest BCUT2D eigenvalue weighted by atomic mass is 9.96. The molecule has 4 N–H and O–H groups in total. The number of hydrogen-bond acceptors (Lipinski definition) is 6. The number of hydrogen-bond donors (Lipinski definition) is 3. The molecule has 0 saturated carbocycles. The number of methoxy groups -OCH3 is 1. The second-order valence-electron chi connectivity index (χ2n) is 8.22. The summed E-state index contributed by atoms with van der Waals surface area (Å²) >= 11 is 0. The number of carbonyl (C=O) groups is 2. The number of fused-ring (bicyclic) bond motifs is 1. The molecule has 0 fully saturated rings. The monoisotopic (exact) mass is 494 g/mol. The number of nitrogen functional groups attached to an aromatic ring is 1. The summed E-state index contributed by atoms with van der Waals surface area (Å²) in [6.07, 6.45) is 2.66. The molecule has 0 aliphatic heterocycles. The van der Waals surface area contributed by atoms with E-state index in [1.807, 2.05) is 36.7 Å². The third kappa shape index (κ3) is 4.48. The van der Waals surface area contributed by atoms with E-state index in [2.05, 4.69) is 28.3 Å². The van der Waals surface area contributed by atoms with Gasteiger partial charge < -0.3 is 25.7 Å². The van der Waals surface area contributed by atoms with Crippen molar-refractivity contribution < 1.29 is 14.3 Å². The fourth-order valence-electron chi connectivity index (χ4n) is 4.40. The quantitative estimate of drug-likeness (QED) is 0.329. The van der Waals surface area contributed by atoms with E-state index in [1.165, 1.54) is 19.4 Å². The van der Waals surface area contributed by atoms with Gasteiger partial charge in [-0.05, 0) is 48.4 Å². The molecule has 0 spiro atoms. The Hall–Kier alpha value is -5.10. The fraction of sp³-hybridized carbons (Fsp3) is 0.143. The number of rotatable bonds is 7. The van der Waals surface area contributed by atoms with Crippen LogP contribution in [0.25, 0.3) is 33.3 Å². The number of aromatic nitrogens is 2. The van der Waals surface area contributed by atoms with Crippen molar-refractivity contribution in [3.8, 4) is 34.2 Å². The molecule has 4 rings (SSSR count). The van der Waals surface area contributed by atoms with Crippen molar-refractivity contribution in [1.29, 1.82) is 5.26 Å². The van der Waals surface area contributed by atoms with Gasteiger partial charge in [0.25, 0.3) is 5.91 Å². The highest BCUT2D eigenvalue weighted by atomic mass is 16.5. The van der Waals surface area contributed by atoms with Crippen LogP contribution >= 0.6 is 0 Å². The summed E-state index contributed by atoms with van der Waals surface area (Å²) in [5, 5.41) is 16.0. The molecular weight excluding hydrogens is 468 g/mol. The topological polar surface area (TPSA) is 135 Å². The van der Waals surface area contributed by atoms with Gasteiger partial charge >= 0.3 is 0 Å². The predicted molar refractivity (Wildman–Crippen MR) is 144 cm³/mol. The lowest BCUT2D eigenvalue weighted by molar-refractivity contribution is -0.111. The maximum absolute atomic E-state index is 12.5. The molecule has 2 amide bonds. The summed E-state index contributed by atoms with van der Waals surface area (Å²) in [6, 6.07) is 14.8. The minimum Gasteiger partial charge on any atom is -0.496 e. The summed E-state index contributed by atoms with van der Waals surface area (Å²) in [4.78, 5) is 28.5. The van der Waals surface area contributed by atoms with Crippen LogP contribution in [0.1, 0.15) is 22.8 Å². The van der Waals surface area contributed by atoms with Gasteiger partial charge in [-0.1, -0.05) is 24.8 Å². The van der Waals surface area contributed by atoms with Crippen molar-refractivity contribution in [2.75, 3.05) is 24.7 Å². The van der Waals surface area contributed by atoms with Crippen LogP contribution in [0.2, 0.25) is 0 Å². The number of aryl methyl sites for hydroxylation is 1. The van der Waals surface area contributed by atoms with Crippen LogP contribution in [0, 0.1) is 11.3 Å². The lowest BCUT2D eigenvalue weighted by Gasteiger charge is -2.13. The van der Waals surface area contributed by atoms with Crippen LogP contribution in [-0.2, 0) is 11.8 Å². The van der Waals surface area contributed by atoms with E-state index >= 15 is 0 Å². The third-order valence-electron chi connectivity index (χ3n) is 6.04. The Bertz CT molecular complexity index is 1580. The van der Waals surface area contributed by atoms with Gasteiger partial charge in [0, 0.05) is 31.0 Å². The number of pyridine rings is 1. The fourth-order valence-corrected chi connectivity index (χ4v) is 4.40. The molecule has 0 aliphatic rings. The number of carbonyl (C=O) groups excluding carboxylic acids is 2. The number of nitrogens with zero attached hydrogens (tertiary/aromatic N) is 3. The molecule has 37 heavy (non-hydrogen) atoms. The SMILES string of the molecule is C=CC(=O)Nc1ccc(-c2c(-c3ccc(C(=O)NCC)c(OC)c3)c3c(N)ncc(C#N)c3n2C)cc1. The van der Waals surface area contributed by atoms with Gasteiger partial charge in [0.15, 0.2) is 0 Å². The van der Waals surface area contributed by atoms with Gasteiger partial charge in [-0.3, -0.25) is 9.59 Å². The molecule has 9 nitrogen and oxygen atoms in total. The van der Waals surface area contributed by atoms with Crippen LogP contribution in [0.5, 0.6) is 5.75 Å². The van der Waals surface area contributed by atoms with Gasteiger partial charge in [-0.15, -0.1) is 0 Å². The largest absolute Gasteiger partial charge is 0.496 e. The maximum atomic E-state index is 12.5. The minimum atomic E-state index is -0.310. The summed E-state index contributed by atoms with van der Waals surface area (Å²) < 4.78 is 7.47. The highest BCUT2D eigenvalue weighted by Gasteiger charge is 2.24. The maximum Gasteiger partial charge on any atom is 0.255 e. The molecular formula is C28H26N6O3. The summed E-state index contributed by atoms with van der Waals surface area (Å²) in [6.45, 7) is 5.80. The third-order valence-corrected chi connectivity index (χ3v) is 6.04. The van der Waals surface area contributed by atoms with Crippen LogP contribution in [0.4, 0.5) is 11.5 Å². The van der Waals surface area contributed by atoms with E-state index in [-0.39, 0.29) is 17.6 Å². The first-order chi connectivity index (χ1) is 17.8. The molecule has 4 aromatic rings. The standard InChI is InChI=1S/C28H26N6O3/c1-5-22(35)33-19-10-7-16(8-11-19)25-23(24-26(34(25)3)18(14-29)15-32-27(24)30)17-9-12-20(21(13-17)37-4)28(36)31-6-2/h5,7-13,15H,1,6H2,2-4H3,(H2,30,32)(H,31,36)(H,33,35). The number of nitriles is 1. The van der Waals surface area contributed by atoms with E-state index in [0.717, 1.165) is 22.4 Å². The van der Waals surface area contributed by atoms with Crippen LogP contribution in [-0.4, -0.2) is 35.0 Å². The Kier molecular flexibility index (Phi) is 6.93. The lowest BCUT2D eigenvalue weighted by Crippen LogP contribution is -2.23. The summed E-state index contributed by atoms with van der Waals surface area (Å²) in [5.74, 6) is 0.119. The molecule has 0 radical (unpaired) electrons. The number of amides is 2. The molecule has 2 aromatic heterocycles. The van der Waals surface area contributed by atoms with E-state index < -0.39 is 0 Å². The number of anilines is 2. The van der Waals surface area contributed by atoms with Gasteiger partial charge in [0.2, 0.25) is 5.91 Å². The van der Waals surface area contributed by atoms with Gasteiger partial charge in [0.1, 0.15) is 17.6 Å². The van der Waals surface area contributed by atoms with Crippen LogP contribution < -0.4 is 21.1 Å². The predicted octanol–water partition coefficient (Wildman–Crippen LogP) is 4.24. The van der Waals surface area contributed by atoms with Crippen molar-refractivity contribution in [3.63, 3.8) is 0 Å². The zero-order valence-corrected chi connectivity index (χ0v) is 20.8. The molecule has 0 bridgehead atoms. The Labute approximate surface area is 214 Å². The number of nitrogens with one attached hydrogen (secondary N) is 2. The first-order valence-corrected chi connectivity index (χ1v) is 11.5. The van der Waals surface area contributed by atoms with Crippen molar-refractivity contribution in [2.24, 2.45) is 7.05 Å². The highest BCUT2D eigenvalue weighted by Crippen LogP contribution is 2.44. The second kappa shape index (κ2) is 10.3. The number of nitrogens with two attached hydrogens (primary N) is 1. The van der Waals surface area contributed by atoms with E-state index in [4.69, 9.17) is 10.5 Å². The molecule has 0 unspecified atom stereocenters. The first kappa shape index (κ1) is 25.0. The average molecular weight is 495 g/mol. The number of ether oxygens (including phenoxy) is 1. The van der Waals surface area contributed by atoms with Gasteiger partial charge in [-0.2, -0.15) is 5.26 Å². The van der Waals surface area contributed by atoms with Crippen molar-refractivity contribution in [1.82, 2.24) is 14.9 Å². The van der Waals surface area contributed by atoms with Crippen LogP contribution in [0.15, 0.2) is 61.3 Å². The molecule has 2 heterocycles. The smallest absolute Gasteiger partial charge is 0.255 e. The molecule has 186 valence electrons. The molecule has 0 atom stereocenters. The highest BCUT2D eigenvalue weighted by molar-refractivity contribution is 6.11.